The van der Waals surface area contributed by atoms with Gasteiger partial charge >= 0.3 is 0 Å². The summed E-state index contributed by atoms with van der Waals surface area (Å²) in [5.41, 5.74) is 2.11. The summed E-state index contributed by atoms with van der Waals surface area (Å²) in [6, 6.07) is 0.459. The molecule has 1 unspecified atom stereocenters. The van der Waals surface area contributed by atoms with E-state index in [2.05, 4.69) is 22.2 Å². The topological polar surface area (TPSA) is 37.8 Å². The lowest BCUT2D eigenvalue weighted by Gasteiger charge is -2.09. The van der Waals surface area contributed by atoms with Crippen LogP contribution >= 0.6 is 0 Å². The van der Waals surface area contributed by atoms with Crippen LogP contribution in [-0.2, 0) is 6.42 Å². The Labute approximate surface area is 73.2 Å². The van der Waals surface area contributed by atoms with Gasteiger partial charge in [-0.2, -0.15) is 0 Å². The van der Waals surface area contributed by atoms with Crippen molar-refractivity contribution in [3.63, 3.8) is 0 Å². The second-order valence-corrected chi connectivity index (χ2v) is 2.98. The van der Waals surface area contributed by atoms with E-state index in [0.717, 1.165) is 17.8 Å². The van der Waals surface area contributed by atoms with Gasteiger partial charge in [-0.05, 0) is 20.9 Å². The van der Waals surface area contributed by atoms with Crippen LogP contribution in [0.4, 0.5) is 0 Å². The smallest absolute Gasteiger partial charge is 0.0631 e. The summed E-state index contributed by atoms with van der Waals surface area (Å²) >= 11 is 0. The number of likely N-dealkylation sites (N-methyl/N-ethyl adjacent to an activating group) is 1. The molecule has 0 aliphatic rings. The Morgan fingerprint density at radius 2 is 2.08 bits per heavy atom. The maximum absolute atomic E-state index is 4.26. The van der Waals surface area contributed by atoms with Crippen molar-refractivity contribution in [2.45, 2.75) is 26.3 Å². The van der Waals surface area contributed by atoms with Crippen LogP contribution in [0.25, 0.3) is 0 Å². The summed E-state index contributed by atoms with van der Waals surface area (Å²) in [6.07, 6.45) is 4.41. The molecule has 3 nitrogen and oxygen atoms in total. The molecule has 1 aromatic heterocycles. The zero-order valence-corrected chi connectivity index (χ0v) is 7.83. The molecule has 0 saturated heterocycles. The summed E-state index contributed by atoms with van der Waals surface area (Å²) in [5.74, 6) is 0. The largest absolute Gasteiger partial charge is 0.317 e. The maximum Gasteiger partial charge on any atom is 0.0631 e. The molecule has 1 rings (SSSR count). The van der Waals surface area contributed by atoms with Gasteiger partial charge in [0.25, 0.3) is 0 Å². The van der Waals surface area contributed by atoms with Crippen molar-refractivity contribution < 1.29 is 0 Å². The van der Waals surface area contributed by atoms with E-state index < -0.39 is 0 Å². The van der Waals surface area contributed by atoms with Gasteiger partial charge in [0, 0.05) is 24.9 Å². The van der Waals surface area contributed by atoms with Crippen molar-refractivity contribution in [3.8, 4) is 0 Å². The van der Waals surface area contributed by atoms with E-state index in [1.807, 2.05) is 14.0 Å². The van der Waals surface area contributed by atoms with Gasteiger partial charge in [-0.3, -0.25) is 9.97 Å². The predicted octanol–water partition coefficient (Wildman–Crippen LogP) is 0.935. The minimum absolute atomic E-state index is 0.459. The molecule has 66 valence electrons. The number of rotatable bonds is 3. The lowest BCUT2D eigenvalue weighted by atomic mass is 10.1. The highest BCUT2D eigenvalue weighted by molar-refractivity contribution is 5.09. The molecular formula is C9H15N3. The molecule has 0 radical (unpaired) electrons. The van der Waals surface area contributed by atoms with Crippen LogP contribution in [0.2, 0.25) is 0 Å². The van der Waals surface area contributed by atoms with Gasteiger partial charge in [-0.25, -0.2) is 0 Å². The highest BCUT2D eigenvalue weighted by Crippen LogP contribution is 2.02. The number of aryl methyl sites for hydroxylation is 1. The molecule has 0 aliphatic heterocycles. The average Bonchev–Trinajstić information content (AvgIpc) is 2.09. The Kier molecular flexibility index (Phi) is 3.17. The third-order valence-corrected chi connectivity index (χ3v) is 1.98. The molecule has 0 aromatic carbocycles. The fourth-order valence-corrected chi connectivity index (χ4v) is 1.03. The fraction of sp³-hybridized carbons (Fsp3) is 0.556. The lowest BCUT2D eigenvalue weighted by Crippen LogP contribution is -2.24. The Bertz CT molecular complexity index is 247. The Balaban J connectivity index is 2.69. The number of nitrogens with zero attached hydrogens (tertiary/aromatic N) is 2. The monoisotopic (exact) mass is 165 g/mol. The first-order chi connectivity index (χ1) is 5.74. The summed E-state index contributed by atoms with van der Waals surface area (Å²) in [4.78, 5) is 8.44. The van der Waals surface area contributed by atoms with Gasteiger partial charge in [-0.1, -0.05) is 0 Å². The molecule has 1 heterocycles. The van der Waals surface area contributed by atoms with Gasteiger partial charge in [0.2, 0.25) is 0 Å². The van der Waals surface area contributed by atoms with Crippen LogP contribution in [0.1, 0.15) is 18.3 Å². The normalized spacial score (nSPS) is 12.9. The molecule has 12 heavy (non-hydrogen) atoms. The Morgan fingerprint density at radius 1 is 1.42 bits per heavy atom. The van der Waals surface area contributed by atoms with Gasteiger partial charge in [0.05, 0.1) is 11.4 Å². The molecular weight excluding hydrogens is 150 g/mol. The van der Waals surface area contributed by atoms with E-state index >= 15 is 0 Å². The van der Waals surface area contributed by atoms with Crippen LogP contribution in [0, 0.1) is 6.92 Å². The fourth-order valence-electron chi connectivity index (χ4n) is 1.03. The third-order valence-electron chi connectivity index (χ3n) is 1.98. The zero-order valence-electron chi connectivity index (χ0n) is 7.83. The second-order valence-electron chi connectivity index (χ2n) is 2.98. The SMILES string of the molecule is CNC(C)Cc1nccnc1C. The average molecular weight is 165 g/mol. The highest BCUT2D eigenvalue weighted by Gasteiger charge is 2.04. The van der Waals surface area contributed by atoms with Crippen LogP contribution in [-0.4, -0.2) is 23.1 Å². The molecule has 1 aromatic rings. The summed E-state index contributed by atoms with van der Waals surface area (Å²) < 4.78 is 0. The Morgan fingerprint density at radius 3 is 2.67 bits per heavy atom. The van der Waals surface area contributed by atoms with E-state index in [0.29, 0.717) is 6.04 Å². The van der Waals surface area contributed by atoms with Crippen LogP contribution in [0.5, 0.6) is 0 Å². The first-order valence-corrected chi connectivity index (χ1v) is 4.17. The van der Waals surface area contributed by atoms with Gasteiger partial charge in [-0.15, -0.1) is 0 Å². The first kappa shape index (κ1) is 9.13. The van der Waals surface area contributed by atoms with E-state index in [4.69, 9.17) is 0 Å². The van der Waals surface area contributed by atoms with Crippen molar-refractivity contribution >= 4 is 0 Å². The van der Waals surface area contributed by atoms with E-state index in [-0.39, 0.29) is 0 Å². The van der Waals surface area contributed by atoms with Gasteiger partial charge in [0.1, 0.15) is 0 Å². The minimum Gasteiger partial charge on any atom is -0.317 e. The number of nitrogens with one attached hydrogen (secondary N) is 1. The number of hydrogen-bond acceptors (Lipinski definition) is 3. The molecule has 3 heteroatoms. The highest BCUT2D eigenvalue weighted by atomic mass is 14.9. The summed E-state index contributed by atoms with van der Waals surface area (Å²) in [5, 5.41) is 3.17. The molecule has 0 aliphatic carbocycles. The minimum atomic E-state index is 0.459. The van der Waals surface area contributed by atoms with Crippen molar-refractivity contribution in [1.29, 1.82) is 0 Å². The van der Waals surface area contributed by atoms with Crippen molar-refractivity contribution in [2.75, 3.05) is 7.05 Å². The predicted molar refractivity (Wildman–Crippen MR) is 49.0 cm³/mol. The third kappa shape index (κ3) is 2.27. The van der Waals surface area contributed by atoms with Crippen LogP contribution in [0.15, 0.2) is 12.4 Å². The van der Waals surface area contributed by atoms with Gasteiger partial charge < -0.3 is 5.32 Å². The maximum atomic E-state index is 4.26. The van der Waals surface area contributed by atoms with Gasteiger partial charge in [0.15, 0.2) is 0 Å². The summed E-state index contributed by atoms with van der Waals surface area (Å²) in [7, 11) is 1.95. The number of hydrogen-bond donors (Lipinski definition) is 1. The standard InChI is InChI=1S/C9H15N3/c1-7(10-3)6-9-8(2)11-4-5-12-9/h4-5,7,10H,6H2,1-3H3. The second kappa shape index (κ2) is 4.16. The molecule has 0 saturated carbocycles. The van der Waals surface area contributed by atoms with E-state index in [9.17, 15) is 0 Å². The number of aromatic nitrogens is 2. The molecule has 0 bridgehead atoms. The molecule has 0 spiro atoms. The Hall–Kier alpha value is -0.960. The quantitative estimate of drug-likeness (QED) is 0.724. The molecule has 0 fully saturated rings. The van der Waals surface area contributed by atoms with E-state index in [1.54, 1.807) is 12.4 Å². The van der Waals surface area contributed by atoms with Crippen LogP contribution < -0.4 is 5.32 Å². The molecule has 1 atom stereocenters. The van der Waals surface area contributed by atoms with Crippen LogP contribution in [0.3, 0.4) is 0 Å². The van der Waals surface area contributed by atoms with Crippen molar-refractivity contribution in [1.82, 2.24) is 15.3 Å². The zero-order chi connectivity index (χ0) is 8.97. The summed E-state index contributed by atoms with van der Waals surface area (Å²) in [6.45, 7) is 4.12. The lowest BCUT2D eigenvalue weighted by molar-refractivity contribution is 0.596. The molecule has 0 amide bonds. The van der Waals surface area contributed by atoms with Crippen molar-refractivity contribution in [2.24, 2.45) is 0 Å². The molecule has 1 N–H and O–H groups in total. The first-order valence-electron chi connectivity index (χ1n) is 4.17. The van der Waals surface area contributed by atoms with E-state index in [1.165, 1.54) is 0 Å². The van der Waals surface area contributed by atoms with Crippen molar-refractivity contribution in [3.05, 3.63) is 23.8 Å².